The van der Waals surface area contributed by atoms with Crippen LogP contribution in [-0.4, -0.2) is 34.6 Å². The van der Waals surface area contributed by atoms with Crippen LogP contribution in [0.15, 0.2) is 55.1 Å². The predicted octanol–water partition coefficient (Wildman–Crippen LogP) is 7.39. The number of carbonyl (C=O) groups excluding carboxylic acids is 1. The predicted molar refractivity (Wildman–Crippen MR) is 134 cm³/mol. The molecule has 168 valence electrons. The molecule has 1 aromatic carbocycles. The van der Waals surface area contributed by atoms with Crippen molar-refractivity contribution in [1.82, 2.24) is 0 Å². The first kappa shape index (κ1) is 26.8. The topological polar surface area (TPSA) is 35.5 Å². The van der Waals surface area contributed by atoms with Crippen LogP contribution in [0.4, 0.5) is 0 Å². The summed E-state index contributed by atoms with van der Waals surface area (Å²) in [4.78, 5) is 12.7. The lowest BCUT2D eigenvalue weighted by Crippen LogP contribution is -2.50. The summed E-state index contributed by atoms with van der Waals surface area (Å²) < 4.78 is 13.4. The number of ketones is 1. The minimum Gasteiger partial charge on any atom is -0.408 e. The molecule has 2 atom stereocenters. The van der Waals surface area contributed by atoms with Gasteiger partial charge in [-0.1, -0.05) is 84.0 Å². The first-order chi connectivity index (χ1) is 13.5. The zero-order chi connectivity index (χ0) is 23.4. The Morgan fingerprint density at radius 1 is 0.867 bits per heavy atom. The van der Waals surface area contributed by atoms with E-state index in [1.807, 2.05) is 42.5 Å². The molecule has 0 amide bonds. The van der Waals surface area contributed by atoms with E-state index in [0.717, 1.165) is 0 Å². The standard InChI is InChI=1S/C25H42O3Si2/c1-12-22(27-29(8,9)24(2,3)4)23(28-30(10,11)25(5,6)7)19-18-21(26)20-16-14-13-15-17-20/h12-19,22-23H,1H2,2-11H3/b19-18+/t22-,23+/m0/s1. The number of benzene rings is 1. The number of carbonyl (C=O) groups is 1. The molecule has 30 heavy (non-hydrogen) atoms. The smallest absolute Gasteiger partial charge is 0.193 e. The van der Waals surface area contributed by atoms with E-state index < -0.39 is 16.6 Å². The van der Waals surface area contributed by atoms with Crippen molar-refractivity contribution >= 4 is 22.4 Å². The van der Waals surface area contributed by atoms with E-state index in [0.29, 0.717) is 5.56 Å². The van der Waals surface area contributed by atoms with E-state index >= 15 is 0 Å². The van der Waals surface area contributed by atoms with Crippen molar-refractivity contribution in [2.75, 3.05) is 0 Å². The van der Waals surface area contributed by atoms with E-state index in [1.54, 1.807) is 6.08 Å². The van der Waals surface area contributed by atoms with Crippen LogP contribution in [-0.2, 0) is 8.85 Å². The van der Waals surface area contributed by atoms with Gasteiger partial charge in [-0.2, -0.15) is 0 Å². The first-order valence-electron chi connectivity index (χ1n) is 10.8. The molecular formula is C25H42O3Si2. The normalized spacial score (nSPS) is 15.8. The Hall–Kier alpha value is -1.28. The molecule has 0 saturated carbocycles. The van der Waals surface area contributed by atoms with Crippen molar-refractivity contribution in [2.24, 2.45) is 0 Å². The SMILES string of the molecule is C=C[C@H](O[Si](C)(C)C(C)(C)C)[C@@H](/C=C/C(=O)c1ccccc1)O[Si](C)(C)C(C)(C)C. The molecule has 0 aliphatic rings. The van der Waals surface area contributed by atoms with Crippen LogP contribution in [0.2, 0.25) is 36.3 Å². The number of hydrogen-bond acceptors (Lipinski definition) is 3. The molecule has 0 N–H and O–H groups in total. The van der Waals surface area contributed by atoms with Crippen LogP contribution in [0, 0.1) is 0 Å². The van der Waals surface area contributed by atoms with Crippen LogP contribution in [0.25, 0.3) is 0 Å². The van der Waals surface area contributed by atoms with Crippen molar-refractivity contribution in [3.05, 3.63) is 60.7 Å². The molecule has 0 fully saturated rings. The van der Waals surface area contributed by atoms with E-state index in [2.05, 4.69) is 74.3 Å². The van der Waals surface area contributed by atoms with Crippen molar-refractivity contribution in [3.63, 3.8) is 0 Å². The molecule has 0 saturated heterocycles. The fourth-order valence-electron chi connectivity index (χ4n) is 2.38. The summed E-state index contributed by atoms with van der Waals surface area (Å²) in [6.07, 6.45) is 4.66. The first-order valence-corrected chi connectivity index (χ1v) is 16.6. The zero-order valence-corrected chi connectivity index (χ0v) is 22.7. The van der Waals surface area contributed by atoms with Crippen LogP contribution in [0.1, 0.15) is 51.9 Å². The Labute approximate surface area is 186 Å². The summed E-state index contributed by atoms with van der Waals surface area (Å²) in [5.41, 5.74) is 0.667. The molecule has 0 radical (unpaired) electrons. The summed E-state index contributed by atoms with van der Waals surface area (Å²) >= 11 is 0. The maximum Gasteiger partial charge on any atom is 0.193 e. The van der Waals surface area contributed by atoms with Gasteiger partial charge in [0.2, 0.25) is 0 Å². The molecular weight excluding hydrogens is 404 g/mol. The van der Waals surface area contributed by atoms with Crippen molar-refractivity contribution in [2.45, 2.75) is 90.0 Å². The van der Waals surface area contributed by atoms with E-state index in [1.165, 1.54) is 0 Å². The van der Waals surface area contributed by atoms with Crippen LogP contribution < -0.4 is 0 Å². The minimum absolute atomic E-state index is 0.0328. The summed E-state index contributed by atoms with van der Waals surface area (Å²) in [5, 5.41) is 0.116. The molecule has 0 bridgehead atoms. The minimum atomic E-state index is -2.09. The third-order valence-electron chi connectivity index (χ3n) is 6.53. The van der Waals surface area contributed by atoms with Crippen LogP contribution >= 0.6 is 0 Å². The Morgan fingerprint density at radius 2 is 1.30 bits per heavy atom. The number of hydrogen-bond donors (Lipinski definition) is 0. The second kappa shape index (κ2) is 9.90. The number of allylic oxidation sites excluding steroid dienone is 1. The lowest BCUT2D eigenvalue weighted by atomic mass is 10.1. The van der Waals surface area contributed by atoms with Gasteiger partial charge in [0.1, 0.15) is 0 Å². The molecule has 1 rings (SSSR count). The van der Waals surface area contributed by atoms with Gasteiger partial charge in [0, 0.05) is 5.56 Å². The largest absolute Gasteiger partial charge is 0.408 e. The average Bonchev–Trinajstić information content (AvgIpc) is 2.61. The molecule has 0 aromatic heterocycles. The van der Waals surface area contributed by atoms with Crippen LogP contribution in [0.5, 0.6) is 0 Å². The number of rotatable bonds is 9. The zero-order valence-electron chi connectivity index (χ0n) is 20.7. The van der Waals surface area contributed by atoms with Gasteiger partial charge < -0.3 is 8.85 Å². The highest BCUT2D eigenvalue weighted by atomic mass is 28.4. The molecule has 1 aromatic rings. The van der Waals surface area contributed by atoms with Gasteiger partial charge in [-0.3, -0.25) is 4.79 Å². The lowest BCUT2D eigenvalue weighted by molar-refractivity contribution is 0.0927. The van der Waals surface area contributed by atoms with Crippen molar-refractivity contribution in [3.8, 4) is 0 Å². The van der Waals surface area contributed by atoms with Gasteiger partial charge in [-0.05, 0) is 42.3 Å². The Bertz CT molecular complexity index is 738. The van der Waals surface area contributed by atoms with E-state index in [-0.39, 0.29) is 28.1 Å². The highest BCUT2D eigenvalue weighted by Gasteiger charge is 2.43. The maximum absolute atomic E-state index is 12.7. The molecule has 0 unspecified atom stereocenters. The van der Waals surface area contributed by atoms with Gasteiger partial charge in [0.15, 0.2) is 22.4 Å². The fourth-order valence-corrected chi connectivity index (χ4v) is 4.89. The third-order valence-corrected chi connectivity index (χ3v) is 15.5. The Balaban J connectivity index is 3.26. The lowest BCUT2D eigenvalue weighted by Gasteiger charge is -2.43. The van der Waals surface area contributed by atoms with Gasteiger partial charge in [-0.25, -0.2) is 0 Å². The Kier molecular flexibility index (Phi) is 8.83. The average molecular weight is 447 g/mol. The third kappa shape index (κ3) is 7.15. The van der Waals surface area contributed by atoms with Gasteiger partial charge in [-0.15, -0.1) is 6.58 Å². The monoisotopic (exact) mass is 446 g/mol. The van der Waals surface area contributed by atoms with E-state index in [9.17, 15) is 4.79 Å². The van der Waals surface area contributed by atoms with Gasteiger partial charge in [0.25, 0.3) is 0 Å². The van der Waals surface area contributed by atoms with Gasteiger partial charge in [0.05, 0.1) is 12.2 Å². The maximum atomic E-state index is 12.7. The summed E-state index contributed by atoms with van der Waals surface area (Å²) in [7, 11) is -4.14. The highest BCUT2D eigenvalue weighted by Crippen LogP contribution is 2.40. The van der Waals surface area contributed by atoms with Crippen molar-refractivity contribution < 1.29 is 13.6 Å². The molecule has 0 heterocycles. The summed E-state index contributed by atoms with van der Waals surface area (Å²) in [5.74, 6) is -0.0328. The highest BCUT2D eigenvalue weighted by molar-refractivity contribution is 6.74. The van der Waals surface area contributed by atoms with Crippen LogP contribution in [0.3, 0.4) is 0 Å². The molecule has 0 spiro atoms. The fraction of sp³-hybridized carbons (Fsp3) is 0.560. The quantitative estimate of drug-likeness (QED) is 0.172. The second-order valence-electron chi connectivity index (χ2n) is 11.0. The molecule has 0 aliphatic carbocycles. The molecule has 5 heteroatoms. The summed E-state index contributed by atoms with van der Waals surface area (Å²) in [6, 6.07) is 9.31. The second-order valence-corrected chi connectivity index (χ2v) is 20.5. The summed E-state index contributed by atoms with van der Waals surface area (Å²) in [6.45, 7) is 26.2. The van der Waals surface area contributed by atoms with Gasteiger partial charge >= 0.3 is 0 Å². The molecule has 3 nitrogen and oxygen atoms in total. The van der Waals surface area contributed by atoms with E-state index in [4.69, 9.17) is 8.85 Å². The Morgan fingerprint density at radius 3 is 1.70 bits per heavy atom. The molecule has 0 aliphatic heterocycles. The van der Waals surface area contributed by atoms with Crippen molar-refractivity contribution in [1.29, 1.82) is 0 Å².